The van der Waals surface area contributed by atoms with Gasteiger partial charge in [0.1, 0.15) is 0 Å². The minimum atomic E-state index is 1.10. The predicted molar refractivity (Wildman–Crippen MR) is 75.9 cm³/mol. The highest BCUT2D eigenvalue weighted by Crippen LogP contribution is 2.28. The van der Waals surface area contributed by atoms with E-state index in [9.17, 15) is 0 Å². The fraction of sp³-hybridized carbons (Fsp3) is 0.600. The molecule has 1 aromatic carbocycles. The van der Waals surface area contributed by atoms with Gasteiger partial charge < -0.3 is 10.2 Å². The molecule has 0 aromatic heterocycles. The number of hydrogen-bond acceptors (Lipinski definition) is 2. The molecule has 0 saturated carbocycles. The number of nitrogens with zero attached hydrogens (tertiary/aromatic N) is 1. The van der Waals surface area contributed by atoms with E-state index in [0.717, 1.165) is 6.54 Å². The first-order chi connectivity index (χ1) is 8.42. The molecule has 94 valence electrons. The zero-order chi connectivity index (χ0) is 11.9. The van der Waals surface area contributed by atoms with Crippen molar-refractivity contribution in [2.75, 3.05) is 29.9 Å². The van der Waals surface area contributed by atoms with Gasteiger partial charge in [0.15, 0.2) is 0 Å². The second-order valence-corrected chi connectivity index (χ2v) is 4.85. The molecule has 0 unspecified atom stereocenters. The van der Waals surface area contributed by atoms with E-state index in [1.54, 1.807) is 0 Å². The summed E-state index contributed by atoms with van der Waals surface area (Å²) in [5, 5.41) is 3.51. The lowest BCUT2D eigenvalue weighted by molar-refractivity contribution is 0.640. The summed E-state index contributed by atoms with van der Waals surface area (Å²) in [6.45, 7) is 5.77. The van der Waals surface area contributed by atoms with E-state index in [-0.39, 0.29) is 0 Å². The highest BCUT2D eigenvalue weighted by molar-refractivity contribution is 5.70. The van der Waals surface area contributed by atoms with Crippen molar-refractivity contribution < 1.29 is 0 Å². The summed E-state index contributed by atoms with van der Waals surface area (Å²) >= 11 is 0. The second-order valence-electron chi connectivity index (χ2n) is 4.85. The van der Waals surface area contributed by atoms with E-state index in [4.69, 9.17) is 0 Å². The van der Waals surface area contributed by atoms with Gasteiger partial charge in [-0.15, -0.1) is 0 Å². The van der Waals surface area contributed by atoms with Gasteiger partial charge in [-0.3, -0.25) is 0 Å². The van der Waals surface area contributed by atoms with Crippen molar-refractivity contribution in [2.24, 2.45) is 0 Å². The molecule has 0 saturated heterocycles. The van der Waals surface area contributed by atoms with Gasteiger partial charge >= 0.3 is 0 Å². The van der Waals surface area contributed by atoms with E-state index in [1.165, 1.54) is 56.6 Å². The minimum Gasteiger partial charge on any atom is -0.383 e. The van der Waals surface area contributed by atoms with Crippen molar-refractivity contribution in [2.45, 2.75) is 39.0 Å². The SMILES string of the molecule is CCCCCCN1CCCNc2ccccc21. The van der Waals surface area contributed by atoms with E-state index in [0.29, 0.717) is 0 Å². The summed E-state index contributed by atoms with van der Waals surface area (Å²) in [7, 11) is 0. The van der Waals surface area contributed by atoms with Crippen molar-refractivity contribution in [1.82, 2.24) is 0 Å². The molecule has 17 heavy (non-hydrogen) atoms. The largest absolute Gasteiger partial charge is 0.383 e. The minimum absolute atomic E-state index is 1.10. The van der Waals surface area contributed by atoms with Gasteiger partial charge in [0.2, 0.25) is 0 Å². The number of nitrogens with one attached hydrogen (secondary N) is 1. The number of hydrogen-bond donors (Lipinski definition) is 1. The molecule has 0 atom stereocenters. The van der Waals surface area contributed by atoms with Crippen LogP contribution in [-0.4, -0.2) is 19.6 Å². The van der Waals surface area contributed by atoms with E-state index >= 15 is 0 Å². The maximum absolute atomic E-state index is 3.51. The predicted octanol–water partition coefficient (Wildman–Crippen LogP) is 3.89. The Kier molecular flexibility index (Phi) is 4.72. The molecule has 0 aliphatic carbocycles. The first-order valence-corrected chi connectivity index (χ1v) is 6.99. The van der Waals surface area contributed by atoms with Crippen molar-refractivity contribution in [3.05, 3.63) is 24.3 Å². The van der Waals surface area contributed by atoms with Crippen LogP contribution in [0.4, 0.5) is 11.4 Å². The third-order valence-corrected chi connectivity index (χ3v) is 3.45. The average Bonchev–Trinajstić information content (AvgIpc) is 2.57. The molecule has 0 radical (unpaired) electrons. The molecule has 2 heteroatoms. The summed E-state index contributed by atoms with van der Waals surface area (Å²) in [6, 6.07) is 8.70. The van der Waals surface area contributed by atoms with Crippen molar-refractivity contribution >= 4 is 11.4 Å². The van der Waals surface area contributed by atoms with E-state index in [1.807, 2.05) is 0 Å². The fourth-order valence-electron chi connectivity index (χ4n) is 2.47. The maximum Gasteiger partial charge on any atom is 0.0602 e. The van der Waals surface area contributed by atoms with Gasteiger partial charge in [0.05, 0.1) is 11.4 Å². The first kappa shape index (κ1) is 12.3. The molecule has 0 spiro atoms. The third kappa shape index (κ3) is 3.39. The van der Waals surface area contributed by atoms with E-state index in [2.05, 4.69) is 41.4 Å². The molecule has 1 aromatic rings. The number of fused-ring (bicyclic) bond motifs is 1. The van der Waals surface area contributed by atoms with Crippen LogP contribution >= 0.6 is 0 Å². The zero-order valence-corrected chi connectivity index (χ0v) is 10.9. The molecule has 2 nitrogen and oxygen atoms in total. The number of rotatable bonds is 5. The van der Waals surface area contributed by atoms with Crippen LogP contribution in [0.5, 0.6) is 0 Å². The fourth-order valence-corrected chi connectivity index (χ4v) is 2.47. The Morgan fingerprint density at radius 1 is 1.18 bits per heavy atom. The first-order valence-electron chi connectivity index (χ1n) is 6.99. The van der Waals surface area contributed by atoms with Crippen molar-refractivity contribution in [1.29, 1.82) is 0 Å². The Morgan fingerprint density at radius 2 is 2.06 bits per heavy atom. The molecule has 0 fully saturated rings. The van der Waals surface area contributed by atoms with Crippen LogP contribution in [0.25, 0.3) is 0 Å². The molecule has 1 heterocycles. The van der Waals surface area contributed by atoms with Gasteiger partial charge in [-0.25, -0.2) is 0 Å². The van der Waals surface area contributed by atoms with Gasteiger partial charge in [-0.2, -0.15) is 0 Å². The van der Waals surface area contributed by atoms with Crippen LogP contribution in [0.2, 0.25) is 0 Å². The summed E-state index contributed by atoms with van der Waals surface area (Å²) in [5.41, 5.74) is 2.70. The quantitative estimate of drug-likeness (QED) is 0.775. The molecule has 1 N–H and O–H groups in total. The van der Waals surface area contributed by atoms with Crippen LogP contribution in [0, 0.1) is 0 Å². The smallest absolute Gasteiger partial charge is 0.0602 e. The maximum atomic E-state index is 3.51. The molecule has 2 rings (SSSR count). The van der Waals surface area contributed by atoms with Crippen LogP contribution < -0.4 is 10.2 Å². The van der Waals surface area contributed by atoms with Gasteiger partial charge in [0, 0.05) is 19.6 Å². The van der Waals surface area contributed by atoms with E-state index < -0.39 is 0 Å². The monoisotopic (exact) mass is 232 g/mol. The summed E-state index contributed by atoms with van der Waals surface area (Å²) < 4.78 is 0. The normalized spacial score (nSPS) is 15.0. The van der Waals surface area contributed by atoms with Crippen LogP contribution in [0.1, 0.15) is 39.0 Å². The molecular formula is C15H24N2. The number of benzene rings is 1. The Balaban J connectivity index is 1.97. The third-order valence-electron chi connectivity index (χ3n) is 3.45. The second kappa shape index (κ2) is 6.53. The molecular weight excluding hydrogens is 208 g/mol. The highest BCUT2D eigenvalue weighted by Gasteiger charge is 2.13. The Labute approximate surface area is 105 Å². The lowest BCUT2D eigenvalue weighted by Gasteiger charge is -2.24. The van der Waals surface area contributed by atoms with Gasteiger partial charge in [-0.05, 0) is 25.0 Å². The highest BCUT2D eigenvalue weighted by atomic mass is 15.2. The topological polar surface area (TPSA) is 15.3 Å². The molecule has 0 amide bonds. The Hall–Kier alpha value is -1.18. The molecule has 1 aliphatic rings. The average molecular weight is 232 g/mol. The number of para-hydroxylation sites is 2. The summed E-state index contributed by atoms with van der Waals surface area (Å²) in [5.74, 6) is 0. The zero-order valence-electron chi connectivity index (χ0n) is 10.9. The van der Waals surface area contributed by atoms with Gasteiger partial charge in [-0.1, -0.05) is 38.3 Å². The molecule has 0 bridgehead atoms. The number of unbranched alkanes of at least 4 members (excludes halogenated alkanes) is 3. The van der Waals surface area contributed by atoms with Crippen molar-refractivity contribution in [3.63, 3.8) is 0 Å². The Morgan fingerprint density at radius 3 is 2.94 bits per heavy atom. The van der Waals surface area contributed by atoms with Crippen molar-refractivity contribution in [3.8, 4) is 0 Å². The number of anilines is 2. The summed E-state index contributed by atoms with van der Waals surface area (Å²) in [4.78, 5) is 2.55. The van der Waals surface area contributed by atoms with Crippen LogP contribution in [-0.2, 0) is 0 Å². The lowest BCUT2D eigenvalue weighted by atomic mass is 10.2. The van der Waals surface area contributed by atoms with Crippen LogP contribution in [0.15, 0.2) is 24.3 Å². The molecule has 1 aliphatic heterocycles. The standard InChI is InChI=1S/C15H24N2/c1-2-3-4-7-12-17-13-8-11-16-14-9-5-6-10-15(14)17/h5-6,9-10,16H,2-4,7-8,11-13H2,1H3. The van der Waals surface area contributed by atoms with Crippen LogP contribution in [0.3, 0.4) is 0 Å². The summed E-state index contributed by atoms with van der Waals surface area (Å²) in [6.07, 6.45) is 6.61. The van der Waals surface area contributed by atoms with Gasteiger partial charge in [0.25, 0.3) is 0 Å². The lowest BCUT2D eigenvalue weighted by Crippen LogP contribution is -2.25. The Bertz CT molecular complexity index is 335.